The number of amides is 3. The van der Waals surface area contributed by atoms with E-state index >= 15 is 0 Å². The average molecular weight is 283 g/mol. The number of urea groups is 1. The fourth-order valence-electron chi connectivity index (χ4n) is 1.48. The number of nitrogens with zero attached hydrogens (tertiary/aromatic N) is 3. The molecule has 1 heterocycles. The van der Waals surface area contributed by atoms with E-state index in [1.165, 1.54) is 31.2 Å². The second-order valence-corrected chi connectivity index (χ2v) is 4.20. The van der Waals surface area contributed by atoms with E-state index in [1.807, 2.05) is 0 Å². The Morgan fingerprint density at radius 2 is 2.15 bits per heavy atom. The van der Waals surface area contributed by atoms with Crippen LogP contribution in [0.15, 0.2) is 12.4 Å². The minimum absolute atomic E-state index is 0.165. The van der Waals surface area contributed by atoms with E-state index in [2.05, 4.69) is 15.7 Å². The van der Waals surface area contributed by atoms with E-state index in [0.717, 1.165) is 4.90 Å². The molecule has 0 radical (unpaired) electrons. The molecular weight excluding hydrogens is 266 g/mol. The fraction of sp³-hybridized carbons (Fsp3) is 0.455. The lowest BCUT2D eigenvalue weighted by Gasteiger charge is -2.20. The molecule has 1 rings (SSSR count). The zero-order valence-electron chi connectivity index (χ0n) is 11.5. The molecule has 0 aliphatic carbocycles. The highest BCUT2D eigenvalue weighted by atomic mass is 16.4. The predicted molar refractivity (Wildman–Crippen MR) is 68.8 cm³/mol. The van der Waals surface area contributed by atoms with Crippen molar-refractivity contribution in [1.29, 1.82) is 0 Å². The maximum atomic E-state index is 11.8. The van der Waals surface area contributed by atoms with Gasteiger partial charge in [-0.3, -0.25) is 9.48 Å². The Kier molecular flexibility index (Phi) is 5.07. The van der Waals surface area contributed by atoms with Gasteiger partial charge < -0.3 is 20.6 Å². The van der Waals surface area contributed by atoms with Gasteiger partial charge in [0, 0.05) is 32.9 Å². The van der Waals surface area contributed by atoms with Crippen molar-refractivity contribution in [3.05, 3.63) is 18.0 Å². The molecule has 1 aromatic rings. The van der Waals surface area contributed by atoms with Gasteiger partial charge in [-0.05, 0) is 0 Å². The minimum Gasteiger partial charge on any atom is -0.479 e. The highest BCUT2D eigenvalue weighted by molar-refractivity contribution is 5.86. The van der Waals surface area contributed by atoms with Crippen LogP contribution in [0.2, 0.25) is 0 Å². The van der Waals surface area contributed by atoms with Crippen molar-refractivity contribution in [2.75, 3.05) is 20.6 Å². The quantitative estimate of drug-likeness (QED) is 0.636. The number of aromatic nitrogens is 2. The summed E-state index contributed by atoms with van der Waals surface area (Å²) in [4.78, 5) is 35.3. The lowest BCUT2D eigenvalue weighted by atomic mass is 10.1. The molecule has 0 aliphatic rings. The molecule has 0 aliphatic heterocycles. The summed E-state index contributed by atoms with van der Waals surface area (Å²) in [5.41, 5.74) is 0.349. The van der Waals surface area contributed by atoms with Gasteiger partial charge in [-0.2, -0.15) is 5.10 Å². The minimum atomic E-state index is -1.22. The van der Waals surface area contributed by atoms with Gasteiger partial charge in [0.25, 0.3) is 0 Å². The molecule has 0 aromatic carbocycles. The van der Waals surface area contributed by atoms with Gasteiger partial charge in [0.1, 0.15) is 6.54 Å². The van der Waals surface area contributed by atoms with Gasteiger partial charge >= 0.3 is 12.0 Å². The first kappa shape index (κ1) is 15.5. The molecule has 0 bridgehead atoms. The van der Waals surface area contributed by atoms with Crippen LogP contribution in [0.4, 0.5) is 4.79 Å². The highest BCUT2D eigenvalue weighted by Gasteiger charge is 2.25. The van der Waals surface area contributed by atoms with Crippen molar-refractivity contribution in [3.8, 4) is 0 Å². The maximum absolute atomic E-state index is 11.8. The first-order valence-electron chi connectivity index (χ1n) is 5.78. The van der Waals surface area contributed by atoms with E-state index in [-0.39, 0.29) is 12.5 Å². The van der Waals surface area contributed by atoms with Gasteiger partial charge in [-0.1, -0.05) is 0 Å². The normalized spacial score (nSPS) is 11.6. The number of nitrogens with one attached hydrogen (secondary N) is 2. The number of hydrogen-bond donors (Lipinski definition) is 3. The molecule has 1 unspecified atom stereocenters. The third-order valence-electron chi connectivity index (χ3n) is 2.58. The van der Waals surface area contributed by atoms with E-state index in [9.17, 15) is 14.4 Å². The molecule has 9 nitrogen and oxygen atoms in total. The van der Waals surface area contributed by atoms with Crippen molar-refractivity contribution in [3.63, 3.8) is 0 Å². The molecule has 1 atom stereocenters. The molecule has 0 spiro atoms. The molecule has 0 fully saturated rings. The number of carbonyl (C=O) groups excluding carboxylic acids is 2. The number of likely N-dealkylation sites (N-methyl/N-ethyl adjacent to an activating group) is 2. The monoisotopic (exact) mass is 283 g/mol. The Morgan fingerprint density at radius 3 is 2.60 bits per heavy atom. The topological polar surface area (TPSA) is 117 Å². The van der Waals surface area contributed by atoms with Crippen LogP contribution in [0.3, 0.4) is 0 Å². The molecule has 110 valence electrons. The van der Waals surface area contributed by atoms with Crippen LogP contribution in [-0.2, 0) is 16.6 Å². The zero-order valence-corrected chi connectivity index (χ0v) is 11.5. The Balaban J connectivity index is 2.74. The van der Waals surface area contributed by atoms with Crippen molar-refractivity contribution in [2.45, 2.75) is 6.04 Å². The molecule has 9 heteroatoms. The molecule has 3 N–H and O–H groups in total. The summed E-state index contributed by atoms with van der Waals surface area (Å²) in [5.74, 6) is -1.56. The highest BCUT2D eigenvalue weighted by Crippen LogP contribution is 2.12. The van der Waals surface area contributed by atoms with Crippen LogP contribution in [-0.4, -0.2) is 58.3 Å². The zero-order chi connectivity index (χ0) is 15.3. The molecule has 1 aromatic heterocycles. The second kappa shape index (κ2) is 6.55. The van der Waals surface area contributed by atoms with Crippen LogP contribution in [0, 0.1) is 0 Å². The lowest BCUT2D eigenvalue weighted by molar-refractivity contribution is -0.139. The van der Waals surface area contributed by atoms with Gasteiger partial charge in [-0.15, -0.1) is 0 Å². The van der Waals surface area contributed by atoms with Crippen molar-refractivity contribution < 1.29 is 19.5 Å². The molecule has 3 amide bonds. The lowest BCUT2D eigenvalue weighted by Crippen LogP contribution is -2.45. The number of carboxylic acids is 1. The fourth-order valence-corrected chi connectivity index (χ4v) is 1.48. The van der Waals surface area contributed by atoms with E-state index in [4.69, 9.17) is 5.11 Å². The van der Waals surface area contributed by atoms with Gasteiger partial charge in [-0.25, -0.2) is 9.59 Å². The van der Waals surface area contributed by atoms with Crippen molar-refractivity contribution >= 4 is 17.9 Å². The first-order chi connectivity index (χ1) is 9.35. The summed E-state index contributed by atoms with van der Waals surface area (Å²) in [7, 11) is 4.48. The average Bonchev–Trinajstić information content (AvgIpc) is 2.81. The number of carbonyl (C=O) groups is 3. The summed E-state index contributed by atoms with van der Waals surface area (Å²) in [6.45, 7) is -0.165. The number of carboxylic acid groups (broad SMARTS) is 1. The van der Waals surface area contributed by atoms with Crippen LogP contribution in [0.25, 0.3) is 0 Å². The Morgan fingerprint density at radius 1 is 1.50 bits per heavy atom. The van der Waals surface area contributed by atoms with Gasteiger partial charge in [0.2, 0.25) is 5.91 Å². The van der Waals surface area contributed by atoms with E-state index < -0.39 is 18.0 Å². The maximum Gasteiger partial charge on any atom is 0.331 e. The largest absolute Gasteiger partial charge is 0.479 e. The van der Waals surface area contributed by atoms with Crippen LogP contribution >= 0.6 is 0 Å². The Bertz CT molecular complexity index is 513. The standard InChI is InChI=1S/C11H17N5O4/c1-12-8(17)6-15(2)11(20)14-9(10(18)19)7-4-13-16(3)5-7/h4-5,9H,6H2,1-3H3,(H,12,17)(H,14,20)(H,18,19). The number of aliphatic carboxylic acids is 1. The Labute approximate surface area is 115 Å². The van der Waals surface area contributed by atoms with Crippen LogP contribution in [0.1, 0.15) is 11.6 Å². The summed E-state index contributed by atoms with van der Waals surface area (Å²) < 4.78 is 1.44. The van der Waals surface area contributed by atoms with Gasteiger partial charge in [0.15, 0.2) is 6.04 Å². The Hall–Kier alpha value is -2.58. The number of rotatable bonds is 5. The van der Waals surface area contributed by atoms with E-state index in [0.29, 0.717) is 5.56 Å². The number of aryl methyl sites for hydroxylation is 1. The van der Waals surface area contributed by atoms with E-state index in [1.54, 1.807) is 7.05 Å². The molecule has 0 saturated heterocycles. The summed E-state index contributed by atoms with van der Waals surface area (Å²) >= 11 is 0. The predicted octanol–water partition coefficient (Wildman–Crippen LogP) is -1.07. The SMILES string of the molecule is CNC(=O)CN(C)C(=O)NC(C(=O)O)c1cnn(C)c1. The summed E-state index contributed by atoms with van der Waals surface area (Å²) in [6.07, 6.45) is 2.86. The van der Waals surface area contributed by atoms with Crippen LogP contribution in [0.5, 0.6) is 0 Å². The van der Waals surface area contributed by atoms with Gasteiger partial charge in [0.05, 0.1) is 6.20 Å². The van der Waals surface area contributed by atoms with Crippen molar-refractivity contribution in [1.82, 2.24) is 25.3 Å². The van der Waals surface area contributed by atoms with Crippen molar-refractivity contribution in [2.24, 2.45) is 7.05 Å². The summed E-state index contributed by atoms with van der Waals surface area (Å²) in [6, 6.07) is -1.88. The molecule has 20 heavy (non-hydrogen) atoms. The molecule has 0 saturated carbocycles. The second-order valence-electron chi connectivity index (χ2n) is 4.20. The third-order valence-corrected chi connectivity index (χ3v) is 2.58. The third kappa shape index (κ3) is 3.97. The molecular formula is C11H17N5O4. The first-order valence-corrected chi connectivity index (χ1v) is 5.78. The summed E-state index contributed by atoms with van der Waals surface area (Å²) in [5, 5.41) is 17.7. The van der Waals surface area contributed by atoms with Crippen LogP contribution < -0.4 is 10.6 Å². The smallest absolute Gasteiger partial charge is 0.331 e. The number of hydrogen-bond acceptors (Lipinski definition) is 4.